The Labute approximate surface area is 235 Å². The van der Waals surface area contributed by atoms with Gasteiger partial charge in [0.2, 0.25) is 0 Å². The summed E-state index contributed by atoms with van der Waals surface area (Å²) in [4.78, 5) is 0. The molecule has 0 saturated carbocycles. The van der Waals surface area contributed by atoms with Crippen molar-refractivity contribution in [2.75, 3.05) is 27.1 Å². The number of nitriles is 1. The van der Waals surface area contributed by atoms with Gasteiger partial charge in [0, 0.05) is 46.9 Å². The summed E-state index contributed by atoms with van der Waals surface area (Å²) >= 11 is 0. The van der Waals surface area contributed by atoms with Crippen molar-refractivity contribution >= 4 is 16.1 Å². The third kappa shape index (κ3) is 6.75. The summed E-state index contributed by atoms with van der Waals surface area (Å²) in [6.45, 7) is 15.8. The largest absolute Gasteiger partial charge is 0.497 e. The fourth-order valence-electron chi connectivity index (χ4n) is 4.91. The van der Waals surface area contributed by atoms with Crippen molar-refractivity contribution in [3.05, 3.63) is 59.0 Å². The van der Waals surface area contributed by atoms with Crippen molar-refractivity contribution in [2.24, 2.45) is 0 Å². The molecule has 1 aromatic heterocycles. The van der Waals surface area contributed by atoms with Gasteiger partial charge in [-0.05, 0) is 42.3 Å². The molecule has 1 unspecified atom stereocenters. The molecule has 39 heavy (non-hydrogen) atoms. The van der Waals surface area contributed by atoms with Crippen molar-refractivity contribution < 1.29 is 18.9 Å². The van der Waals surface area contributed by atoms with Crippen LogP contribution >= 0.6 is 0 Å². The molecule has 0 spiro atoms. The van der Waals surface area contributed by atoms with Crippen LogP contribution in [-0.4, -0.2) is 53.0 Å². The first kappa shape index (κ1) is 29.3. The number of methoxy groups -OCH3 is 1. The highest BCUT2D eigenvalue weighted by atomic mass is 28.3. The predicted molar refractivity (Wildman–Crippen MR) is 160 cm³/mol. The number of hydrogen-bond donors (Lipinski definition) is 0. The van der Waals surface area contributed by atoms with Crippen LogP contribution < -0.4 is 4.74 Å². The topological polar surface area (TPSA) is 78.5 Å². The Morgan fingerprint density at radius 1 is 1.05 bits per heavy atom. The number of benzene rings is 1. The highest BCUT2D eigenvalue weighted by Gasteiger charge is 2.45. The molecule has 4 rings (SSSR count). The monoisotopic (exact) mass is 565 g/mol. The minimum Gasteiger partial charge on any atom is -0.497 e. The lowest BCUT2D eigenvalue weighted by Gasteiger charge is -2.29. The Hall–Kier alpha value is -2.65. The molecule has 0 saturated heterocycles. The lowest BCUT2D eigenvalue weighted by atomic mass is 9.76. The maximum absolute atomic E-state index is 10.7. The molecule has 9 heteroatoms. The summed E-state index contributed by atoms with van der Waals surface area (Å²) in [5.41, 5.74) is 4.04. The van der Waals surface area contributed by atoms with Crippen molar-refractivity contribution in [2.45, 2.75) is 76.4 Å². The normalized spacial score (nSPS) is 18.4. The van der Waals surface area contributed by atoms with E-state index in [4.69, 9.17) is 24.0 Å². The van der Waals surface area contributed by atoms with E-state index in [1.54, 1.807) is 7.11 Å². The molecule has 1 heterocycles. The fourth-order valence-corrected chi connectivity index (χ4v) is 6.42. The minimum absolute atomic E-state index is 0.119. The van der Waals surface area contributed by atoms with Crippen LogP contribution in [0.4, 0.5) is 0 Å². The quantitative estimate of drug-likeness (QED) is 0.130. The summed E-state index contributed by atoms with van der Waals surface area (Å²) in [6, 6.07) is 10.9. The first-order chi connectivity index (χ1) is 18.5. The lowest BCUT2D eigenvalue weighted by Crippen LogP contribution is -2.32. The molecule has 1 atom stereocenters. The van der Waals surface area contributed by atoms with E-state index in [1.165, 1.54) is 5.56 Å². The van der Waals surface area contributed by atoms with Crippen LogP contribution in [0.15, 0.2) is 42.2 Å². The highest BCUT2D eigenvalue weighted by molar-refractivity contribution is 6.76. The Morgan fingerprint density at radius 3 is 2.44 bits per heavy atom. The van der Waals surface area contributed by atoms with Crippen molar-refractivity contribution in [3.63, 3.8) is 0 Å². The Morgan fingerprint density at radius 2 is 1.77 bits per heavy atom. The maximum Gasteiger partial charge on any atom is 0.188 e. The first-order valence-corrected chi connectivity index (χ1v) is 21.2. The van der Waals surface area contributed by atoms with Gasteiger partial charge in [0.25, 0.3) is 0 Å². The van der Waals surface area contributed by atoms with Gasteiger partial charge in [-0.15, -0.1) is 0 Å². The SMILES string of the molecule is COc1ccc2c(c1)-c1c(c(C3(C#N)CC=CC=C3OCOCC[Si](C)(C)C)nn1COCC[Si](C)(C)C)C2. The van der Waals surface area contributed by atoms with Crippen LogP contribution in [0.2, 0.25) is 51.4 Å². The van der Waals surface area contributed by atoms with E-state index in [9.17, 15) is 5.26 Å². The lowest BCUT2D eigenvalue weighted by molar-refractivity contribution is -0.0271. The Kier molecular flexibility index (Phi) is 8.91. The molecular weight excluding hydrogens is 523 g/mol. The van der Waals surface area contributed by atoms with E-state index in [2.05, 4.69) is 57.5 Å². The smallest absolute Gasteiger partial charge is 0.188 e. The second-order valence-electron chi connectivity index (χ2n) is 12.9. The molecule has 0 amide bonds. The zero-order valence-electron chi connectivity index (χ0n) is 24.6. The van der Waals surface area contributed by atoms with Crippen molar-refractivity contribution in [1.29, 1.82) is 5.26 Å². The fraction of sp³-hybridized carbons (Fsp3) is 0.533. The van der Waals surface area contributed by atoms with Crippen LogP contribution in [0.5, 0.6) is 5.75 Å². The van der Waals surface area contributed by atoms with Crippen LogP contribution in [0.3, 0.4) is 0 Å². The third-order valence-corrected chi connectivity index (χ3v) is 10.7. The number of fused-ring (bicyclic) bond motifs is 3. The van der Waals surface area contributed by atoms with E-state index in [0.29, 0.717) is 38.5 Å². The van der Waals surface area contributed by atoms with Gasteiger partial charge in [0.15, 0.2) is 12.2 Å². The van der Waals surface area contributed by atoms with E-state index >= 15 is 0 Å². The summed E-state index contributed by atoms with van der Waals surface area (Å²) in [5, 5.41) is 15.7. The van der Waals surface area contributed by atoms with E-state index < -0.39 is 21.6 Å². The summed E-state index contributed by atoms with van der Waals surface area (Å²) < 4.78 is 25.6. The second kappa shape index (κ2) is 11.8. The molecule has 0 N–H and O–H groups in total. The van der Waals surface area contributed by atoms with Gasteiger partial charge in [-0.1, -0.05) is 57.5 Å². The first-order valence-electron chi connectivity index (χ1n) is 13.8. The molecular formula is C30H43N3O4Si2. The summed E-state index contributed by atoms with van der Waals surface area (Å²) in [5.74, 6) is 1.38. The molecule has 2 aliphatic rings. The third-order valence-electron chi connectivity index (χ3n) is 7.32. The van der Waals surface area contributed by atoms with Gasteiger partial charge in [0.05, 0.1) is 24.6 Å². The number of aromatic nitrogens is 2. The van der Waals surface area contributed by atoms with Gasteiger partial charge < -0.3 is 18.9 Å². The Balaban J connectivity index is 1.65. The summed E-state index contributed by atoms with van der Waals surface area (Å²) in [6.07, 6.45) is 7.04. The Bertz CT molecular complexity index is 1280. The molecule has 1 aromatic carbocycles. The van der Waals surface area contributed by atoms with Crippen LogP contribution in [0, 0.1) is 11.3 Å². The minimum atomic E-state index is -1.22. The molecule has 0 radical (unpaired) electrons. The average Bonchev–Trinajstić information content (AvgIpc) is 3.42. The second-order valence-corrected chi connectivity index (χ2v) is 24.1. The zero-order chi connectivity index (χ0) is 28.3. The average molecular weight is 566 g/mol. The molecule has 0 bridgehead atoms. The van der Waals surface area contributed by atoms with Crippen LogP contribution in [0.25, 0.3) is 11.3 Å². The number of nitrogens with zero attached hydrogens (tertiary/aromatic N) is 3. The predicted octanol–water partition coefficient (Wildman–Crippen LogP) is 6.71. The standard InChI is InChI=1S/C30H43N3O4Si2/c1-34-24-12-11-23-18-26-28(25(23)19-24)33(21-35-14-16-38(2,3)4)32-29(26)30(20-31)13-9-8-10-27(30)37-22-36-15-17-39(5,6)7/h8-12,19H,13-18,21-22H2,1-7H3. The highest BCUT2D eigenvalue weighted by Crippen LogP contribution is 2.47. The number of allylic oxidation sites excluding steroid dienone is 4. The molecule has 7 nitrogen and oxygen atoms in total. The van der Waals surface area contributed by atoms with Crippen LogP contribution in [-0.2, 0) is 32.8 Å². The molecule has 2 aliphatic carbocycles. The maximum atomic E-state index is 10.7. The van der Waals surface area contributed by atoms with Gasteiger partial charge in [-0.2, -0.15) is 10.4 Å². The van der Waals surface area contributed by atoms with E-state index in [-0.39, 0.29) is 6.79 Å². The number of hydrogen-bond acceptors (Lipinski definition) is 6. The number of rotatable bonds is 13. The van der Waals surface area contributed by atoms with Gasteiger partial charge in [-0.25, -0.2) is 4.68 Å². The summed E-state index contributed by atoms with van der Waals surface area (Å²) in [7, 11) is -0.736. The van der Waals surface area contributed by atoms with E-state index in [1.807, 2.05) is 29.0 Å². The molecule has 2 aromatic rings. The molecule has 210 valence electrons. The van der Waals surface area contributed by atoms with Crippen molar-refractivity contribution in [3.8, 4) is 23.1 Å². The molecule has 0 aliphatic heterocycles. The molecule has 0 fully saturated rings. The zero-order valence-corrected chi connectivity index (χ0v) is 26.6. The van der Waals surface area contributed by atoms with Gasteiger partial charge in [0.1, 0.15) is 18.2 Å². The van der Waals surface area contributed by atoms with Crippen LogP contribution in [0.1, 0.15) is 23.2 Å². The van der Waals surface area contributed by atoms with Gasteiger partial charge >= 0.3 is 0 Å². The number of ether oxygens (including phenoxy) is 4. The van der Waals surface area contributed by atoms with E-state index in [0.717, 1.165) is 40.4 Å². The van der Waals surface area contributed by atoms with Gasteiger partial charge in [-0.3, -0.25) is 0 Å². The van der Waals surface area contributed by atoms with Crippen molar-refractivity contribution in [1.82, 2.24) is 9.78 Å².